The lowest BCUT2D eigenvalue weighted by atomic mass is 9.95. The van der Waals surface area contributed by atoms with Gasteiger partial charge in [0, 0.05) is 45.7 Å². The molecule has 3 saturated heterocycles. The molecule has 98 heavy (non-hydrogen) atoms. The molecule has 3 amide bonds. The Bertz CT molecular complexity index is 2260. The van der Waals surface area contributed by atoms with Gasteiger partial charge in [-0.3, -0.25) is 33.0 Å². The highest BCUT2D eigenvalue weighted by molar-refractivity contribution is 7.47. The van der Waals surface area contributed by atoms with Crippen LogP contribution in [0.1, 0.15) is 220 Å². The number of amides is 3. The van der Waals surface area contributed by atoms with Crippen molar-refractivity contribution in [2.75, 3.05) is 52.7 Å². The summed E-state index contributed by atoms with van der Waals surface area (Å²) >= 11 is 0. The zero-order chi connectivity index (χ0) is 71.9. The highest BCUT2D eigenvalue weighted by Crippen LogP contribution is 2.43. The summed E-state index contributed by atoms with van der Waals surface area (Å²) in [5.41, 5.74) is 2.38. The summed E-state index contributed by atoms with van der Waals surface area (Å²) in [6.45, 7) is 1.77. The van der Waals surface area contributed by atoms with Gasteiger partial charge in [-0.25, -0.2) is 4.57 Å². The number of aliphatic hydroxyl groups is 9. The van der Waals surface area contributed by atoms with Gasteiger partial charge in [0.25, 0.3) is 0 Å². The summed E-state index contributed by atoms with van der Waals surface area (Å²) in [6.07, 6.45) is 10.6. The third-order valence-corrected chi connectivity index (χ3v) is 17.9. The number of nitrogens with one attached hydrogen (secondary N) is 4. The SMILES string of the molecule is CCCCCCCC=CCCCCCCCC(=O)ONC(COP(=O)(O)OCCNC(=O)CCCCC(=O)NCCCOC1OC(CO)C(OC2OC(CO)C(O)C(OC3OC(CO)C(O)C(O)C3O)C2O)C(O)C1NC(C)=O)OC(=O)CCCCCCCC=CCCCCCCC. The Morgan fingerprint density at radius 1 is 0.480 bits per heavy atom. The summed E-state index contributed by atoms with van der Waals surface area (Å²) < 4.78 is 62.7. The second kappa shape index (κ2) is 53.1. The molecule has 0 radical (unpaired) electrons. The van der Waals surface area contributed by atoms with Gasteiger partial charge in [0.05, 0.1) is 33.0 Å². The van der Waals surface area contributed by atoms with Gasteiger partial charge < -0.3 is 105 Å². The van der Waals surface area contributed by atoms with E-state index in [2.05, 4.69) is 59.6 Å². The average Bonchev–Trinajstić information content (AvgIpc) is 0.780. The normalized spacial score (nSPS) is 26.8. The zero-order valence-electron chi connectivity index (χ0n) is 58.1. The zero-order valence-corrected chi connectivity index (χ0v) is 59.0. The summed E-state index contributed by atoms with van der Waals surface area (Å²) in [6, 6.07) is -1.36. The van der Waals surface area contributed by atoms with Crippen LogP contribution in [-0.4, -0.2) is 232 Å². The third kappa shape index (κ3) is 36.9. The van der Waals surface area contributed by atoms with E-state index >= 15 is 0 Å². The molecule has 0 aromatic rings. The number of carbonyl (C=O) groups is 5. The first-order valence-electron chi connectivity index (χ1n) is 35.9. The molecule has 3 aliphatic rings. The van der Waals surface area contributed by atoms with E-state index in [0.717, 1.165) is 84.0 Å². The largest absolute Gasteiger partial charge is 0.472 e. The lowest BCUT2D eigenvalue weighted by Gasteiger charge is -2.48. The molecule has 17 atom stereocenters. The van der Waals surface area contributed by atoms with E-state index in [-0.39, 0.29) is 57.7 Å². The molecule has 3 fully saturated rings. The lowest BCUT2D eigenvalue weighted by Crippen LogP contribution is -2.68. The smallest absolute Gasteiger partial charge is 0.441 e. The van der Waals surface area contributed by atoms with Gasteiger partial charge in [-0.1, -0.05) is 128 Å². The maximum absolute atomic E-state index is 12.9. The number of hydrogen-bond acceptors (Lipinski definition) is 26. The predicted octanol–water partition coefficient (Wildman–Crippen LogP) is 4.12. The first-order chi connectivity index (χ1) is 47.2. The van der Waals surface area contributed by atoms with Crippen molar-refractivity contribution in [3.05, 3.63) is 24.3 Å². The summed E-state index contributed by atoms with van der Waals surface area (Å²) in [5.74, 6) is -2.61. The number of ether oxygens (including phenoxy) is 7. The second-order valence-electron chi connectivity index (χ2n) is 25.3. The van der Waals surface area contributed by atoms with Crippen molar-refractivity contribution in [1.29, 1.82) is 0 Å². The molecule has 3 rings (SSSR count). The number of unbranched alkanes of at least 4 members (excludes halogenated alkanes) is 21. The molecule has 14 N–H and O–H groups in total. The number of rotatable bonds is 56. The molecular weight excluding hydrogens is 1310 g/mol. The number of hydroxylamine groups is 1. The van der Waals surface area contributed by atoms with Crippen LogP contribution in [0, 0.1) is 0 Å². The minimum atomic E-state index is -4.77. The molecule has 0 bridgehead atoms. The fourth-order valence-corrected chi connectivity index (χ4v) is 11.9. The van der Waals surface area contributed by atoms with Crippen molar-refractivity contribution in [3.8, 4) is 0 Å². The molecule has 17 unspecified atom stereocenters. The van der Waals surface area contributed by atoms with Gasteiger partial charge in [0.2, 0.25) is 23.9 Å². The van der Waals surface area contributed by atoms with Gasteiger partial charge in [0.15, 0.2) is 18.9 Å². The first kappa shape index (κ1) is 88.5. The van der Waals surface area contributed by atoms with Gasteiger partial charge >= 0.3 is 19.8 Å². The van der Waals surface area contributed by atoms with Crippen LogP contribution >= 0.6 is 7.82 Å². The van der Waals surface area contributed by atoms with E-state index in [4.69, 9.17) is 47.0 Å². The predicted molar refractivity (Wildman–Crippen MR) is 356 cm³/mol. The molecule has 3 heterocycles. The van der Waals surface area contributed by atoms with Crippen LogP contribution in [0.4, 0.5) is 0 Å². The number of esters is 1. The Hall–Kier alpha value is -3.70. The number of allylic oxidation sites excluding steroid dienone is 4. The maximum atomic E-state index is 12.9. The fourth-order valence-electron chi connectivity index (χ4n) is 11.2. The monoisotopic (exact) mass is 1430 g/mol. The number of hydrogen-bond donors (Lipinski definition) is 14. The van der Waals surface area contributed by atoms with Crippen LogP contribution < -0.4 is 21.4 Å². The Labute approximate surface area is 578 Å². The molecule has 0 aliphatic carbocycles. The van der Waals surface area contributed by atoms with Crippen molar-refractivity contribution in [1.82, 2.24) is 21.4 Å². The van der Waals surface area contributed by atoms with E-state index < -0.39 is 163 Å². The molecule has 0 saturated carbocycles. The highest BCUT2D eigenvalue weighted by Gasteiger charge is 2.54. The molecule has 0 spiro atoms. The fraction of sp³-hybridized carbons (Fsp3) is 0.866. The standard InChI is InChI=1S/C67H121N4O26P/c1-4-6-8-10-12-14-16-18-20-22-24-26-28-30-37-54(78)94-53(71-97-55(79)38-31-29-27-25-23-21-19-17-15-13-11-9-7-5-2)46-90-98(86,87)89-42-40-69-52(77)36-33-32-35-51(76)68-39-34-41-88-65-56(70-47(3)75)59(82)63(50(45-74)93-65)95-67-62(85)64(58(81)49(44-73)92-67)96-66-61(84)60(83)57(80)48(43-72)91-66/h16-19,48-50,53,56-67,71-74,80-85H,4-15,20-46H2,1-3H3,(H,68,76)(H,69,77)(H,70,75)(H,86,87). The minimum absolute atomic E-state index is 0.0183. The highest BCUT2D eigenvalue weighted by atomic mass is 31.2. The molecular formula is C67H121N4O26P. The van der Waals surface area contributed by atoms with Gasteiger partial charge in [-0.2, -0.15) is 0 Å². The van der Waals surface area contributed by atoms with Crippen LogP contribution in [-0.2, 0) is 75.6 Å². The number of aliphatic hydroxyl groups excluding tert-OH is 9. The lowest BCUT2D eigenvalue weighted by molar-refractivity contribution is -0.376. The van der Waals surface area contributed by atoms with Crippen molar-refractivity contribution in [3.63, 3.8) is 0 Å². The van der Waals surface area contributed by atoms with E-state index in [1.54, 1.807) is 0 Å². The van der Waals surface area contributed by atoms with Crippen LogP contribution in [0.25, 0.3) is 0 Å². The van der Waals surface area contributed by atoms with E-state index in [0.29, 0.717) is 25.7 Å². The van der Waals surface area contributed by atoms with Crippen LogP contribution in [0.2, 0.25) is 0 Å². The average molecular weight is 1430 g/mol. The molecule has 30 nitrogen and oxygen atoms in total. The van der Waals surface area contributed by atoms with Crippen molar-refractivity contribution < 1.29 is 126 Å². The van der Waals surface area contributed by atoms with Crippen LogP contribution in [0.5, 0.6) is 0 Å². The Kier molecular flexibility index (Phi) is 48.0. The number of phosphoric acid groups is 1. The number of phosphoric ester groups is 1. The van der Waals surface area contributed by atoms with Crippen molar-refractivity contribution >= 4 is 37.5 Å². The number of carbonyl (C=O) groups excluding carboxylic acids is 5. The van der Waals surface area contributed by atoms with E-state index in [1.165, 1.54) is 64.2 Å². The van der Waals surface area contributed by atoms with Crippen LogP contribution in [0.3, 0.4) is 0 Å². The molecule has 0 aromatic heterocycles. The first-order valence-corrected chi connectivity index (χ1v) is 37.4. The summed E-state index contributed by atoms with van der Waals surface area (Å²) in [7, 11) is -4.77. The van der Waals surface area contributed by atoms with Crippen LogP contribution in [0.15, 0.2) is 24.3 Å². The van der Waals surface area contributed by atoms with Crippen molar-refractivity contribution in [2.24, 2.45) is 0 Å². The van der Waals surface area contributed by atoms with E-state index in [9.17, 15) is 79.4 Å². The maximum Gasteiger partial charge on any atom is 0.472 e. The van der Waals surface area contributed by atoms with Gasteiger partial charge in [0.1, 0.15) is 79.8 Å². The van der Waals surface area contributed by atoms with Gasteiger partial charge in [-0.05, 0) is 83.5 Å². The molecule has 570 valence electrons. The molecule has 31 heteroatoms. The molecule has 3 aliphatic heterocycles. The Balaban J connectivity index is 1.37. The van der Waals surface area contributed by atoms with Gasteiger partial charge in [-0.15, -0.1) is 5.48 Å². The quantitative estimate of drug-likeness (QED) is 0.0102. The summed E-state index contributed by atoms with van der Waals surface area (Å²) in [5, 5.41) is 103. The summed E-state index contributed by atoms with van der Waals surface area (Å²) in [4.78, 5) is 78.7. The Morgan fingerprint density at radius 2 is 0.939 bits per heavy atom. The topological polar surface area (TPSA) is 445 Å². The second-order valence-corrected chi connectivity index (χ2v) is 26.8. The minimum Gasteiger partial charge on any atom is -0.441 e. The Morgan fingerprint density at radius 3 is 1.47 bits per heavy atom. The van der Waals surface area contributed by atoms with E-state index in [1.807, 2.05) is 0 Å². The van der Waals surface area contributed by atoms with Crippen molar-refractivity contribution in [2.45, 2.75) is 318 Å². The molecule has 0 aromatic carbocycles. The third-order valence-electron chi connectivity index (χ3n) is 16.9.